The Morgan fingerprint density at radius 2 is 2.21 bits per heavy atom. The van der Waals surface area contributed by atoms with Crippen LogP contribution in [-0.2, 0) is 6.42 Å². The van der Waals surface area contributed by atoms with Gasteiger partial charge in [-0.2, -0.15) is 0 Å². The summed E-state index contributed by atoms with van der Waals surface area (Å²) in [5, 5.41) is 0.480. The van der Waals surface area contributed by atoms with Crippen LogP contribution < -0.4 is 0 Å². The Morgan fingerprint density at radius 3 is 2.79 bits per heavy atom. The van der Waals surface area contributed by atoms with Crippen molar-refractivity contribution < 1.29 is 4.79 Å². The largest absolute Gasteiger partial charge is 0.349 e. The Kier molecular flexibility index (Phi) is 2.92. The number of carbonyl (C=O) groups excluding carboxylic acids is 1. The molecule has 1 heterocycles. The van der Waals surface area contributed by atoms with E-state index in [1.165, 1.54) is 25.7 Å². The van der Waals surface area contributed by atoms with Gasteiger partial charge in [-0.15, -0.1) is 0 Å². The molecule has 0 bridgehead atoms. The van der Waals surface area contributed by atoms with Crippen molar-refractivity contribution >= 4 is 17.9 Å². The quantitative estimate of drug-likeness (QED) is 0.766. The van der Waals surface area contributed by atoms with Crippen LogP contribution in [0.3, 0.4) is 0 Å². The Labute approximate surface area is 88.7 Å². The maximum absolute atomic E-state index is 10.6. The lowest BCUT2D eigenvalue weighted by Gasteiger charge is -2.05. The Hall–Kier alpha value is -0.760. The van der Waals surface area contributed by atoms with E-state index in [0.29, 0.717) is 10.7 Å². The van der Waals surface area contributed by atoms with Gasteiger partial charge in [0.1, 0.15) is 5.15 Å². The summed E-state index contributed by atoms with van der Waals surface area (Å²) >= 11 is 5.84. The second-order valence-electron chi connectivity index (χ2n) is 4.04. The first-order valence-corrected chi connectivity index (χ1v) is 5.50. The van der Waals surface area contributed by atoms with Gasteiger partial charge in [0, 0.05) is 5.69 Å². The first-order valence-electron chi connectivity index (χ1n) is 5.12. The Bertz CT molecular complexity index is 326. The minimum Gasteiger partial charge on any atom is -0.349 e. The summed E-state index contributed by atoms with van der Waals surface area (Å²) in [6.45, 7) is 0. The molecular weight excluding hydrogens is 198 g/mol. The van der Waals surface area contributed by atoms with Crippen molar-refractivity contribution in [3.05, 3.63) is 22.5 Å². The van der Waals surface area contributed by atoms with E-state index in [1.807, 2.05) is 6.07 Å². The molecule has 0 saturated heterocycles. The molecule has 0 atom stereocenters. The molecular formula is C11H14ClNO. The van der Waals surface area contributed by atoms with Crippen LogP contribution in [0.25, 0.3) is 0 Å². The fourth-order valence-corrected chi connectivity index (χ4v) is 2.44. The Morgan fingerprint density at radius 1 is 1.50 bits per heavy atom. The van der Waals surface area contributed by atoms with Crippen molar-refractivity contribution in [3.63, 3.8) is 0 Å². The van der Waals surface area contributed by atoms with Gasteiger partial charge in [-0.25, -0.2) is 0 Å². The number of rotatable bonds is 3. The van der Waals surface area contributed by atoms with Gasteiger partial charge in [0.15, 0.2) is 6.29 Å². The van der Waals surface area contributed by atoms with Crippen molar-refractivity contribution in [2.24, 2.45) is 5.92 Å². The summed E-state index contributed by atoms with van der Waals surface area (Å²) in [6.07, 6.45) is 7.16. The SMILES string of the molecule is O=Cc1cc(CC2CCCC2)[nH]c1Cl. The zero-order chi connectivity index (χ0) is 9.97. The first kappa shape index (κ1) is 9.78. The van der Waals surface area contributed by atoms with E-state index in [1.54, 1.807) is 0 Å². The van der Waals surface area contributed by atoms with Crippen LogP contribution in [0.15, 0.2) is 6.07 Å². The zero-order valence-electron chi connectivity index (χ0n) is 8.05. The number of halogens is 1. The van der Waals surface area contributed by atoms with Gasteiger partial charge in [-0.05, 0) is 18.4 Å². The average molecular weight is 212 g/mol. The predicted octanol–water partition coefficient (Wildman–Crippen LogP) is 3.21. The number of aldehydes is 1. The number of nitrogens with one attached hydrogen (secondary N) is 1. The molecule has 1 N–H and O–H groups in total. The lowest BCUT2D eigenvalue weighted by atomic mass is 10.0. The van der Waals surface area contributed by atoms with Crippen molar-refractivity contribution in [3.8, 4) is 0 Å². The molecule has 1 saturated carbocycles. The van der Waals surface area contributed by atoms with Crippen LogP contribution in [-0.4, -0.2) is 11.3 Å². The molecule has 1 aromatic heterocycles. The summed E-state index contributed by atoms with van der Waals surface area (Å²) in [6, 6.07) is 1.87. The van der Waals surface area contributed by atoms with E-state index in [2.05, 4.69) is 4.98 Å². The molecule has 76 valence electrons. The van der Waals surface area contributed by atoms with Gasteiger partial charge in [0.25, 0.3) is 0 Å². The smallest absolute Gasteiger partial charge is 0.153 e. The van der Waals surface area contributed by atoms with Gasteiger partial charge >= 0.3 is 0 Å². The molecule has 0 unspecified atom stereocenters. The molecule has 0 aliphatic heterocycles. The summed E-state index contributed by atoms with van der Waals surface area (Å²) in [4.78, 5) is 13.6. The van der Waals surface area contributed by atoms with E-state index in [4.69, 9.17) is 11.6 Å². The van der Waals surface area contributed by atoms with E-state index < -0.39 is 0 Å². The third-order valence-electron chi connectivity index (χ3n) is 2.96. The highest BCUT2D eigenvalue weighted by Crippen LogP contribution is 2.28. The average Bonchev–Trinajstić information content (AvgIpc) is 2.76. The summed E-state index contributed by atoms with van der Waals surface area (Å²) in [7, 11) is 0. The first-order chi connectivity index (χ1) is 6.79. The lowest BCUT2D eigenvalue weighted by molar-refractivity contribution is 0.112. The number of aromatic nitrogens is 1. The molecule has 2 nitrogen and oxygen atoms in total. The van der Waals surface area contributed by atoms with Gasteiger partial charge in [0.05, 0.1) is 5.56 Å². The zero-order valence-corrected chi connectivity index (χ0v) is 8.81. The van der Waals surface area contributed by atoms with Crippen molar-refractivity contribution in [2.45, 2.75) is 32.1 Å². The number of hydrogen-bond acceptors (Lipinski definition) is 1. The van der Waals surface area contributed by atoms with Crippen LogP contribution in [0.4, 0.5) is 0 Å². The van der Waals surface area contributed by atoms with Crippen LogP contribution in [0.1, 0.15) is 41.7 Å². The molecule has 0 radical (unpaired) electrons. The number of carbonyl (C=O) groups is 1. The third-order valence-corrected chi connectivity index (χ3v) is 3.28. The van der Waals surface area contributed by atoms with Gasteiger partial charge in [-0.1, -0.05) is 37.3 Å². The number of aromatic amines is 1. The molecule has 1 aliphatic carbocycles. The minimum atomic E-state index is 0.480. The van der Waals surface area contributed by atoms with Gasteiger partial charge in [0.2, 0.25) is 0 Å². The molecule has 2 rings (SSSR count). The van der Waals surface area contributed by atoms with E-state index in [-0.39, 0.29) is 0 Å². The van der Waals surface area contributed by atoms with Crippen LogP contribution in [0.5, 0.6) is 0 Å². The molecule has 3 heteroatoms. The highest BCUT2D eigenvalue weighted by molar-refractivity contribution is 6.31. The molecule has 0 amide bonds. The maximum Gasteiger partial charge on any atom is 0.153 e. The normalized spacial score (nSPS) is 17.5. The predicted molar refractivity (Wildman–Crippen MR) is 56.9 cm³/mol. The molecule has 0 aromatic carbocycles. The van der Waals surface area contributed by atoms with E-state index in [9.17, 15) is 4.79 Å². The number of hydrogen-bond donors (Lipinski definition) is 1. The molecule has 1 aromatic rings. The fourth-order valence-electron chi connectivity index (χ4n) is 2.22. The van der Waals surface area contributed by atoms with Crippen LogP contribution >= 0.6 is 11.6 Å². The van der Waals surface area contributed by atoms with Crippen LogP contribution in [0, 0.1) is 5.92 Å². The monoisotopic (exact) mass is 211 g/mol. The second kappa shape index (κ2) is 4.18. The topological polar surface area (TPSA) is 32.9 Å². The molecule has 14 heavy (non-hydrogen) atoms. The summed E-state index contributed by atoms with van der Waals surface area (Å²) < 4.78 is 0. The lowest BCUT2D eigenvalue weighted by Crippen LogP contribution is -1.98. The second-order valence-corrected chi connectivity index (χ2v) is 4.41. The van der Waals surface area contributed by atoms with Gasteiger partial charge < -0.3 is 4.98 Å². The maximum atomic E-state index is 10.6. The van der Waals surface area contributed by atoms with Crippen molar-refractivity contribution in [1.82, 2.24) is 4.98 Å². The summed E-state index contributed by atoms with van der Waals surface area (Å²) in [5.74, 6) is 0.782. The van der Waals surface area contributed by atoms with Crippen LogP contribution in [0.2, 0.25) is 5.15 Å². The van der Waals surface area contributed by atoms with E-state index in [0.717, 1.165) is 24.3 Å². The molecule has 0 spiro atoms. The Balaban J connectivity index is 2.04. The third kappa shape index (κ3) is 2.01. The number of H-pyrrole nitrogens is 1. The minimum absolute atomic E-state index is 0.480. The highest BCUT2D eigenvalue weighted by atomic mass is 35.5. The standard InChI is InChI=1S/C11H14ClNO/c12-11-9(7-14)6-10(13-11)5-8-3-1-2-4-8/h6-8,13H,1-5H2. The summed E-state index contributed by atoms with van der Waals surface area (Å²) in [5.41, 5.74) is 1.68. The fraction of sp³-hybridized carbons (Fsp3) is 0.545. The van der Waals surface area contributed by atoms with Crippen molar-refractivity contribution in [2.75, 3.05) is 0 Å². The van der Waals surface area contributed by atoms with Gasteiger partial charge in [-0.3, -0.25) is 4.79 Å². The molecule has 1 aliphatic rings. The highest BCUT2D eigenvalue weighted by Gasteiger charge is 2.16. The molecule has 1 fully saturated rings. The van der Waals surface area contributed by atoms with Crippen molar-refractivity contribution in [1.29, 1.82) is 0 Å². The van der Waals surface area contributed by atoms with E-state index >= 15 is 0 Å².